The minimum atomic E-state index is -1.12. The van der Waals surface area contributed by atoms with E-state index >= 15 is 0 Å². The molecule has 0 radical (unpaired) electrons. The second-order valence-corrected chi connectivity index (χ2v) is 2.40. The van der Waals surface area contributed by atoms with Gasteiger partial charge >= 0.3 is 6.09 Å². The number of Topliss-reactive ketones (excluding diaryl/α,β-unsaturated/α-hetero) is 1. The second kappa shape index (κ2) is 3.34. The molecule has 1 rings (SSSR count). The molecule has 1 heterocycles. The quantitative estimate of drug-likeness (QED) is 0.546. The highest BCUT2D eigenvalue weighted by Crippen LogP contribution is 2.01. The van der Waals surface area contributed by atoms with E-state index in [0.29, 0.717) is 0 Å². The van der Waals surface area contributed by atoms with Crippen molar-refractivity contribution >= 4 is 11.9 Å². The van der Waals surface area contributed by atoms with Crippen LogP contribution >= 0.6 is 0 Å². The van der Waals surface area contributed by atoms with Gasteiger partial charge in [-0.1, -0.05) is 0 Å². The Morgan fingerprint density at radius 2 is 2.45 bits per heavy atom. The van der Waals surface area contributed by atoms with Gasteiger partial charge in [-0.15, -0.1) is 0 Å². The van der Waals surface area contributed by atoms with Gasteiger partial charge in [0.05, 0.1) is 12.6 Å². The molecule has 5 heteroatoms. The Hall–Kier alpha value is -1.10. The third-order valence-electron chi connectivity index (χ3n) is 1.38. The minimum absolute atomic E-state index is 0.0602. The molecule has 0 aromatic carbocycles. The van der Waals surface area contributed by atoms with Gasteiger partial charge in [0.2, 0.25) is 0 Å². The average molecular weight is 159 g/mol. The molecular formula is C6H9NO4. The lowest BCUT2D eigenvalue weighted by atomic mass is 10.1. The van der Waals surface area contributed by atoms with Crippen LogP contribution in [0.25, 0.3) is 0 Å². The fraction of sp³-hybridized carbons (Fsp3) is 0.667. The Morgan fingerprint density at radius 1 is 1.73 bits per heavy atom. The molecule has 62 valence electrons. The van der Waals surface area contributed by atoms with Crippen LogP contribution in [0.4, 0.5) is 4.79 Å². The van der Waals surface area contributed by atoms with Crippen molar-refractivity contribution in [2.75, 3.05) is 13.2 Å². The van der Waals surface area contributed by atoms with Crippen LogP contribution in [0.15, 0.2) is 0 Å². The van der Waals surface area contributed by atoms with E-state index in [0.717, 1.165) is 0 Å². The molecule has 1 fully saturated rings. The molecule has 1 saturated heterocycles. The van der Waals surface area contributed by atoms with Gasteiger partial charge in [-0.05, 0) is 0 Å². The van der Waals surface area contributed by atoms with Gasteiger partial charge in [-0.3, -0.25) is 4.79 Å². The van der Waals surface area contributed by atoms with Crippen LogP contribution in [-0.2, 0) is 9.53 Å². The number of ketones is 1. The molecule has 1 aliphatic heterocycles. The molecule has 5 nitrogen and oxygen atoms in total. The first kappa shape index (κ1) is 8.00. The predicted octanol–water partition coefficient (Wildman–Crippen LogP) is -0.388. The molecule has 1 unspecified atom stereocenters. The monoisotopic (exact) mass is 159 g/mol. The SMILES string of the molecule is O=C1COCC(NC(=O)O)C1. The summed E-state index contributed by atoms with van der Waals surface area (Å²) in [6.07, 6.45) is -0.875. The van der Waals surface area contributed by atoms with Crippen molar-refractivity contribution in [3.63, 3.8) is 0 Å². The summed E-state index contributed by atoms with van der Waals surface area (Å²) in [7, 11) is 0. The van der Waals surface area contributed by atoms with Gasteiger partial charge in [0.1, 0.15) is 6.61 Å². The standard InChI is InChI=1S/C6H9NO4/c8-5-1-4(2-11-3-5)7-6(9)10/h4,7H,1-3H2,(H,9,10). The molecule has 11 heavy (non-hydrogen) atoms. The topological polar surface area (TPSA) is 75.6 Å². The van der Waals surface area contributed by atoms with E-state index in [9.17, 15) is 9.59 Å². The van der Waals surface area contributed by atoms with Gasteiger partial charge in [0.25, 0.3) is 0 Å². The maximum Gasteiger partial charge on any atom is 0.404 e. The second-order valence-electron chi connectivity index (χ2n) is 2.40. The zero-order valence-electron chi connectivity index (χ0n) is 5.87. The number of rotatable bonds is 1. The highest BCUT2D eigenvalue weighted by atomic mass is 16.5. The summed E-state index contributed by atoms with van der Waals surface area (Å²) < 4.78 is 4.82. The van der Waals surface area contributed by atoms with Crippen molar-refractivity contribution in [1.82, 2.24) is 5.32 Å². The van der Waals surface area contributed by atoms with Gasteiger partial charge in [-0.2, -0.15) is 0 Å². The van der Waals surface area contributed by atoms with Gasteiger partial charge in [0, 0.05) is 6.42 Å². The first-order chi connectivity index (χ1) is 5.18. The maximum atomic E-state index is 10.7. The molecule has 1 atom stereocenters. The predicted molar refractivity (Wildman–Crippen MR) is 35.4 cm³/mol. The summed E-state index contributed by atoms with van der Waals surface area (Å²) in [6.45, 7) is 0.399. The van der Waals surface area contributed by atoms with Crippen LogP contribution in [0.3, 0.4) is 0 Å². The molecule has 2 N–H and O–H groups in total. The summed E-state index contributed by atoms with van der Waals surface area (Å²) in [5.41, 5.74) is 0. The Kier molecular flexibility index (Phi) is 2.43. The van der Waals surface area contributed by atoms with Crippen LogP contribution in [0.1, 0.15) is 6.42 Å². The number of nitrogens with one attached hydrogen (secondary N) is 1. The zero-order valence-corrected chi connectivity index (χ0v) is 5.87. The first-order valence-corrected chi connectivity index (χ1v) is 3.27. The van der Waals surface area contributed by atoms with Crippen molar-refractivity contribution in [2.45, 2.75) is 12.5 Å². The normalized spacial score (nSPS) is 24.7. The van der Waals surface area contributed by atoms with Crippen LogP contribution in [-0.4, -0.2) is 36.2 Å². The summed E-state index contributed by atoms with van der Waals surface area (Å²) in [5, 5.41) is 10.5. The molecule has 0 aromatic heterocycles. The summed E-state index contributed by atoms with van der Waals surface area (Å²) >= 11 is 0. The number of carbonyl (C=O) groups is 2. The van der Waals surface area contributed by atoms with Crippen LogP contribution in [0.2, 0.25) is 0 Å². The van der Waals surface area contributed by atoms with Crippen LogP contribution < -0.4 is 5.32 Å². The van der Waals surface area contributed by atoms with E-state index in [-0.39, 0.29) is 31.5 Å². The lowest BCUT2D eigenvalue weighted by Gasteiger charge is -2.20. The zero-order chi connectivity index (χ0) is 8.27. The summed E-state index contributed by atoms with van der Waals surface area (Å²) in [6, 6.07) is -0.367. The lowest BCUT2D eigenvalue weighted by molar-refractivity contribution is -0.128. The third kappa shape index (κ3) is 2.55. The van der Waals surface area contributed by atoms with Crippen molar-refractivity contribution in [3.05, 3.63) is 0 Å². The Morgan fingerprint density at radius 3 is 3.00 bits per heavy atom. The molecule has 0 saturated carbocycles. The van der Waals surface area contributed by atoms with E-state index in [2.05, 4.69) is 5.32 Å². The number of ether oxygens (including phenoxy) is 1. The number of amides is 1. The van der Waals surface area contributed by atoms with Crippen molar-refractivity contribution in [2.24, 2.45) is 0 Å². The first-order valence-electron chi connectivity index (χ1n) is 3.27. The highest BCUT2D eigenvalue weighted by Gasteiger charge is 2.20. The van der Waals surface area contributed by atoms with E-state index in [1.54, 1.807) is 0 Å². The minimum Gasteiger partial charge on any atom is -0.465 e. The summed E-state index contributed by atoms with van der Waals surface area (Å²) in [4.78, 5) is 20.8. The molecule has 0 aromatic rings. The molecule has 1 aliphatic rings. The number of hydrogen-bond acceptors (Lipinski definition) is 3. The average Bonchev–Trinajstić information content (AvgIpc) is 1.85. The Balaban J connectivity index is 2.34. The van der Waals surface area contributed by atoms with Crippen molar-refractivity contribution in [3.8, 4) is 0 Å². The number of hydrogen-bond donors (Lipinski definition) is 2. The van der Waals surface area contributed by atoms with E-state index in [1.807, 2.05) is 0 Å². The largest absolute Gasteiger partial charge is 0.465 e. The fourth-order valence-electron chi connectivity index (χ4n) is 0.975. The fourth-order valence-corrected chi connectivity index (χ4v) is 0.975. The van der Waals surface area contributed by atoms with E-state index in [1.165, 1.54) is 0 Å². The van der Waals surface area contributed by atoms with Crippen molar-refractivity contribution < 1.29 is 19.4 Å². The van der Waals surface area contributed by atoms with E-state index < -0.39 is 6.09 Å². The Labute approximate surface area is 63.3 Å². The highest BCUT2D eigenvalue weighted by molar-refractivity contribution is 5.81. The van der Waals surface area contributed by atoms with Gasteiger partial charge < -0.3 is 15.2 Å². The van der Waals surface area contributed by atoms with Crippen LogP contribution in [0, 0.1) is 0 Å². The van der Waals surface area contributed by atoms with Gasteiger partial charge in [-0.25, -0.2) is 4.79 Å². The van der Waals surface area contributed by atoms with Crippen LogP contribution in [0.5, 0.6) is 0 Å². The lowest BCUT2D eigenvalue weighted by Crippen LogP contribution is -2.42. The molecule has 0 spiro atoms. The van der Waals surface area contributed by atoms with E-state index in [4.69, 9.17) is 9.84 Å². The molecule has 1 amide bonds. The Bertz CT molecular complexity index is 177. The number of carbonyl (C=O) groups excluding carboxylic acids is 1. The smallest absolute Gasteiger partial charge is 0.404 e. The summed E-state index contributed by atoms with van der Waals surface area (Å²) in [5.74, 6) is -0.0602. The molecule has 0 bridgehead atoms. The van der Waals surface area contributed by atoms with Gasteiger partial charge in [0.15, 0.2) is 5.78 Å². The molecule has 0 aliphatic carbocycles. The third-order valence-corrected chi connectivity index (χ3v) is 1.38. The molecular weight excluding hydrogens is 150 g/mol. The maximum absolute atomic E-state index is 10.7. The number of carboxylic acid groups (broad SMARTS) is 1. The van der Waals surface area contributed by atoms with Crippen molar-refractivity contribution in [1.29, 1.82) is 0 Å².